The van der Waals surface area contributed by atoms with E-state index in [0.29, 0.717) is 5.56 Å². The van der Waals surface area contributed by atoms with E-state index in [-0.39, 0.29) is 5.57 Å². The molecule has 1 aromatic carbocycles. The van der Waals surface area contributed by atoms with Crippen LogP contribution >= 0.6 is 79.6 Å². The van der Waals surface area contributed by atoms with Crippen LogP contribution < -0.4 is 0 Å². The molecule has 1 aromatic rings. The molecule has 0 bridgehead atoms. The highest BCUT2D eigenvalue weighted by Gasteiger charge is 2.22. The Bertz CT molecular complexity index is 481. The molecule has 0 aromatic heterocycles. The Morgan fingerprint density at radius 3 is 1.65 bits per heavy atom. The number of hydrogen-bond donors (Lipinski definition) is 0. The van der Waals surface area contributed by atoms with E-state index in [4.69, 9.17) is 0 Å². The number of methoxy groups -OCH3 is 1. The first kappa shape index (κ1) is 15.9. The van der Waals surface area contributed by atoms with Crippen molar-refractivity contribution in [3.05, 3.63) is 34.5 Å². The van der Waals surface area contributed by atoms with Crippen LogP contribution in [-0.2, 0) is 9.53 Å². The lowest BCUT2D eigenvalue weighted by Gasteiger charge is -2.14. The van der Waals surface area contributed by atoms with E-state index in [0.717, 1.165) is 22.4 Å². The van der Waals surface area contributed by atoms with Crippen LogP contribution in [0.5, 0.6) is 0 Å². The number of carbonyl (C=O) groups is 1. The molecule has 0 aliphatic carbocycles. The second-order valence-electron chi connectivity index (χ2n) is 2.92. The molecule has 0 aliphatic rings. The van der Waals surface area contributed by atoms with E-state index in [1.165, 1.54) is 7.11 Å². The summed E-state index contributed by atoms with van der Waals surface area (Å²) in [6, 6.07) is 0. The van der Waals surface area contributed by atoms with E-state index < -0.39 is 5.97 Å². The molecule has 17 heavy (non-hydrogen) atoms. The van der Waals surface area contributed by atoms with Crippen molar-refractivity contribution < 1.29 is 9.53 Å². The molecule has 0 aliphatic heterocycles. The number of carbonyl (C=O) groups excluding carboxylic acids is 1. The predicted octanol–water partition coefficient (Wildman–Crippen LogP) is 5.69. The van der Waals surface area contributed by atoms with E-state index in [1.807, 2.05) is 0 Å². The molecule has 0 unspecified atom stereocenters. The molecular formula is C10H5Br5O2. The van der Waals surface area contributed by atoms with Gasteiger partial charge in [0.2, 0.25) is 0 Å². The third-order valence-corrected chi connectivity index (χ3v) is 8.04. The van der Waals surface area contributed by atoms with Crippen molar-refractivity contribution in [2.75, 3.05) is 7.11 Å². The van der Waals surface area contributed by atoms with E-state index in [1.54, 1.807) is 0 Å². The van der Waals surface area contributed by atoms with Crippen molar-refractivity contribution in [1.29, 1.82) is 0 Å². The maximum Gasteiger partial charge on any atom is 0.337 e. The van der Waals surface area contributed by atoms with Gasteiger partial charge in [0.1, 0.15) is 0 Å². The van der Waals surface area contributed by atoms with Crippen LogP contribution in [0, 0.1) is 0 Å². The summed E-state index contributed by atoms with van der Waals surface area (Å²) in [6.45, 7) is 3.74. The minimum absolute atomic E-state index is 0.264. The summed E-state index contributed by atoms with van der Waals surface area (Å²) in [5.74, 6) is -0.479. The molecule has 0 atom stereocenters. The molecule has 0 saturated carbocycles. The predicted molar refractivity (Wildman–Crippen MR) is 86.0 cm³/mol. The first-order valence-corrected chi connectivity index (χ1v) is 8.08. The standard InChI is InChI=1S/C10H5Br5O2/c1-3(10(16)17-2)4-5(11)7(13)9(15)8(14)6(4)12/h1H2,2H3. The Morgan fingerprint density at radius 1 is 0.941 bits per heavy atom. The van der Waals surface area contributed by atoms with E-state index in [9.17, 15) is 4.79 Å². The molecular weight excluding hydrogens is 552 g/mol. The number of esters is 1. The summed E-state index contributed by atoms with van der Waals surface area (Å²) >= 11 is 17.1. The van der Waals surface area contributed by atoms with Crippen LogP contribution in [0.2, 0.25) is 0 Å². The zero-order valence-electron chi connectivity index (χ0n) is 8.41. The lowest BCUT2D eigenvalue weighted by Crippen LogP contribution is -2.04. The lowest BCUT2D eigenvalue weighted by molar-refractivity contribution is -0.133. The number of hydrogen-bond acceptors (Lipinski definition) is 2. The Morgan fingerprint density at radius 2 is 1.29 bits per heavy atom. The maximum absolute atomic E-state index is 11.5. The SMILES string of the molecule is C=C(C(=O)OC)c1c(Br)c(Br)c(Br)c(Br)c1Br. The van der Waals surface area contributed by atoms with Gasteiger partial charge in [-0.15, -0.1) is 0 Å². The monoisotopic (exact) mass is 552 g/mol. The average Bonchev–Trinajstić information content (AvgIpc) is 2.32. The van der Waals surface area contributed by atoms with Crippen molar-refractivity contribution in [3.8, 4) is 0 Å². The minimum Gasteiger partial charge on any atom is -0.465 e. The second kappa shape index (κ2) is 6.32. The second-order valence-corrected chi connectivity index (χ2v) is 6.88. The van der Waals surface area contributed by atoms with Gasteiger partial charge < -0.3 is 4.74 Å². The zero-order valence-corrected chi connectivity index (χ0v) is 16.3. The summed E-state index contributed by atoms with van der Waals surface area (Å²) < 4.78 is 8.50. The van der Waals surface area contributed by atoms with Crippen molar-refractivity contribution in [1.82, 2.24) is 0 Å². The molecule has 0 spiro atoms. The van der Waals surface area contributed by atoms with E-state index in [2.05, 4.69) is 91.0 Å². The highest BCUT2D eigenvalue weighted by molar-refractivity contribution is 9.15. The lowest BCUT2D eigenvalue weighted by atomic mass is 10.1. The van der Waals surface area contributed by atoms with Gasteiger partial charge in [-0.1, -0.05) is 6.58 Å². The Balaban J connectivity index is 3.55. The third kappa shape index (κ3) is 3.05. The number of ether oxygens (including phenoxy) is 1. The summed E-state index contributed by atoms with van der Waals surface area (Å²) in [5.41, 5.74) is 0.902. The van der Waals surface area contributed by atoms with Crippen LogP contribution in [0.4, 0.5) is 0 Å². The van der Waals surface area contributed by atoms with Crippen molar-refractivity contribution >= 4 is 91.2 Å². The van der Waals surface area contributed by atoms with Gasteiger partial charge in [0.05, 0.1) is 12.7 Å². The fraction of sp³-hybridized carbons (Fsp3) is 0.100. The van der Waals surface area contributed by atoms with Gasteiger partial charge in [-0.3, -0.25) is 0 Å². The fourth-order valence-corrected chi connectivity index (χ4v) is 4.62. The molecule has 0 saturated heterocycles. The highest BCUT2D eigenvalue weighted by atomic mass is 79.9. The Hall–Kier alpha value is 0.830. The minimum atomic E-state index is -0.479. The highest BCUT2D eigenvalue weighted by Crippen LogP contribution is 2.46. The van der Waals surface area contributed by atoms with E-state index >= 15 is 0 Å². The largest absolute Gasteiger partial charge is 0.465 e. The van der Waals surface area contributed by atoms with Crippen LogP contribution in [-0.4, -0.2) is 13.1 Å². The van der Waals surface area contributed by atoms with Crippen molar-refractivity contribution in [2.45, 2.75) is 0 Å². The van der Waals surface area contributed by atoms with Gasteiger partial charge in [0, 0.05) is 27.9 Å². The summed E-state index contributed by atoms with van der Waals surface area (Å²) in [6.07, 6.45) is 0. The van der Waals surface area contributed by atoms with Crippen LogP contribution in [0.15, 0.2) is 28.9 Å². The molecule has 2 nitrogen and oxygen atoms in total. The molecule has 0 heterocycles. The first-order valence-electron chi connectivity index (χ1n) is 4.11. The Kier molecular flexibility index (Phi) is 5.91. The molecule has 0 radical (unpaired) electrons. The normalized spacial score (nSPS) is 10.2. The average molecular weight is 557 g/mol. The van der Waals surface area contributed by atoms with Gasteiger partial charge >= 0.3 is 5.97 Å². The van der Waals surface area contributed by atoms with Crippen LogP contribution in [0.3, 0.4) is 0 Å². The van der Waals surface area contributed by atoms with Gasteiger partial charge in [-0.05, 0) is 79.6 Å². The van der Waals surface area contributed by atoms with Crippen molar-refractivity contribution in [2.24, 2.45) is 0 Å². The summed E-state index contributed by atoms with van der Waals surface area (Å²) in [4.78, 5) is 11.5. The smallest absolute Gasteiger partial charge is 0.337 e. The van der Waals surface area contributed by atoms with Crippen LogP contribution in [0.25, 0.3) is 5.57 Å². The van der Waals surface area contributed by atoms with Crippen LogP contribution in [0.1, 0.15) is 5.56 Å². The topological polar surface area (TPSA) is 26.3 Å². The van der Waals surface area contributed by atoms with Crippen molar-refractivity contribution in [3.63, 3.8) is 0 Å². The molecule has 0 amide bonds. The molecule has 92 valence electrons. The maximum atomic E-state index is 11.5. The third-order valence-electron chi connectivity index (χ3n) is 1.94. The fourth-order valence-electron chi connectivity index (χ4n) is 1.10. The first-order chi connectivity index (χ1) is 7.82. The molecule has 0 fully saturated rings. The summed E-state index contributed by atoms with van der Waals surface area (Å²) in [5, 5.41) is 0. The molecule has 0 N–H and O–H groups in total. The van der Waals surface area contributed by atoms with Gasteiger partial charge in [0.15, 0.2) is 0 Å². The van der Waals surface area contributed by atoms with Gasteiger partial charge in [0.25, 0.3) is 0 Å². The van der Waals surface area contributed by atoms with Gasteiger partial charge in [-0.2, -0.15) is 0 Å². The molecule has 1 rings (SSSR count). The summed E-state index contributed by atoms with van der Waals surface area (Å²) in [7, 11) is 1.32. The van der Waals surface area contributed by atoms with Gasteiger partial charge in [-0.25, -0.2) is 4.79 Å². The number of halogens is 5. The quantitative estimate of drug-likeness (QED) is 0.203. The Labute approximate surface area is 141 Å². The molecule has 7 heteroatoms. The number of rotatable bonds is 2. The zero-order chi connectivity index (χ0) is 13.3. The number of benzene rings is 1.